The molecule has 0 aliphatic carbocycles. The SMILES string of the molecule is CCNC1CCN(c2ccc(Cl)c3cccnc23)CC1. The van der Waals surface area contributed by atoms with Gasteiger partial charge in [-0.3, -0.25) is 4.98 Å². The van der Waals surface area contributed by atoms with Crippen LogP contribution >= 0.6 is 11.6 Å². The molecule has 4 heteroatoms. The number of pyridine rings is 1. The van der Waals surface area contributed by atoms with Crippen molar-refractivity contribution in [1.29, 1.82) is 0 Å². The first kappa shape index (κ1) is 13.7. The second-order valence-electron chi connectivity index (χ2n) is 5.29. The fourth-order valence-corrected chi connectivity index (χ4v) is 3.21. The maximum Gasteiger partial charge on any atom is 0.0950 e. The number of rotatable bonds is 3. The Morgan fingerprint density at radius 1 is 1.30 bits per heavy atom. The number of benzene rings is 1. The van der Waals surface area contributed by atoms with Crippen molar-refractivity contribution >= 4 is 28.2 Å². The van der Waals surface area contributed by atoms with Crippen LogP contribution in [0.2, 0.25) is 5.02 Å². The lowest BCUT2D eigenvalue weighted by Gasteiger charge is -2.34. The number of anilines is 1. The number of hydrogen-bond acceptors (Lipinski definition) is 3. The van der Waals surface area contributed by atoms with E-state index in [9.17, 15) is 0 Å². The highest BCUT2D eigenvalue weighted by atomic mass is 35.5. The molecule has 1 aromatic carbocycles. The number of hydrogen-bond donors (Lipinski definition) is 1. The second kappa shape index (κ2) is 5.98. The minimum atomic E-state index is 0.655. The van der Waals surface area contributed by atoms with Crippen molar-refractivity contribution in [3.63, 3.8) is 0 Å². The smallest absolute Gasteiger partial charge is 0.0950 e. The third kappa shape index (κ3) is 2.60. The van der Waals surface area contributed by atoms with Crippen molar-refractivity contribution in [3.05, 3.63) is 35.5 Å². The lowest BCUT2D eigenvalue weighted by molar-refractivity contribution is 0.424. The van der Waals surface area contributed by atoms with E-state index in [2.05, 4.69) is 28.2 Å². The van der Waals surface area contributed by atoms with Crippen molar-refractivity contribution in [1.82, 2.24) is 10.3 Å². The van der Waals surface area contributed by atoms with Gasteiger partial charge < -0.3 is 10.2 Å². The average molecular weight is 290 g/mol. The average Bonchev–Trinajstić information content (AvgIpc) is 2.49. The van der Waals surface area contributed by atoms with E-state index in [1.807, 2.05) is 24.4 Å². The highest BCUT2D eigenvalue weighted by molar-refractivity contribution is 6.35. The Bertz CT molecular complexity index is 591. The largest absolute Gasteiger partial charge is 0.370 e. The highest BCUT2D eigenvalue weighted by Crippen LogP contribution is 2.31. The Kier molecular flexibility index (Phi) is 4.08. The molecule has 1 aliphatic rings. The number of piperidine rings is 1. The maximum absolute atomic E-state index is 6.26. The van der Waals surface area contributed by atoms with Crippen molar-refractivity contribution < 1.29 is 0 Å². The van der Waals surface area contributed by atoms with Crippen molar-refractivity contribution in [3.8, 4) is 0 Å². The van der Waals surface area contributed by atoms with Gasteiger partial charge in [0.25, 0.3) is 0 Å². The Labute approximate surface area is 124 Å². The summed E-state index contributed by atoms with van der Waals surface area (Å²) < 4.78 is 0. The number of fused-ring (bicyclic) bond motifs is 1. The van der Waals surface area contributed by atoms with E-state index in [1.165, 1.54) is 18.5 Å². The van der Waals surface area contributed by atoms with Gasteiger partial charge in [-0.25, -0.2) is 0 Å². The molecule has 106 valence electrons. The lowest BCUT2D eigenvalue weighted by Crippen LogP contribution is -2.42. The van der Waals surface area contributed by atoms with Gasteiger partial charge in [-0.1, -0.05) is 18.5 Å². The van der Waals surface area contributed by atoms with Gasteiger partial charge in [0.1, 0.15) is 0 Å². The van der Waals surface area contributed by atoms with Crippen LogP contribution in [0.25, 0.3) is 10.9 Å². The Hall–Kier alpha value is -1.32. The zero-order chi connectivity index (χ0) is 13.9. The molecule has 1 aliphatic heterocycles. The van der Waals surface area contributed by atoms with Crippen LogP contribution in [-0.4, -0.2) is 30.7 Å². The molecular formula is C16H20ClN3. The molecule has 2 aromatic rings. The molecule has 20 heavy (non-hydrogen) atoms. The molecule has 1 N–H and O–H groups in total. The van der Waals surface area contributed by atoms with Gasteiger partial charge in [-0.05, 0) is 43.7 Å². The van der Waals surface area contributed by atoms with Crippen molar-refractivity contribution in [2.24, 2.45) is 0 Å². The minimum Gasteiger partial charge on any atom is -0.370 e. The van der Waals surface area contributed by atoms with Gasteiger partial charge in [0, 0.05) is 30.7 Å². The van der Waals surface area contributed by atoms with E-state index in [4.69, 9.17) is 11.6 Å². The van der Waals surface area contributed by atoms with Crippen LogP contribution in [0, 0.1) is 0 Å². The maximum atomic E-state index is 6.26. The van der Waals surface area contributed by atoms with Crippen LogP contribution in [0.15, 0.2) is 30.5 Å². The van der Waals surface area contributed by atoms with Gasteiger partial charge in [-0.2, -0.15) is 0 Å². The summed E-state index contributed by atoms with van der Waals surface area (Å²) in [5.41, 5.74) is 2.22. The van der Waals surface area contributed by atoms with Crippen LogP contribution in [0.1, 0.15) is 19.8 Å². The summed E-state index contributed by atoms with van der Waals surface area (Å²) in [4.78, 5) is 6.96. The molecule has 0 bridgehead atoms. The van der Waals surface area contributed by atoms with Gasteiger partial charge in [0.15, 0.2) is 0 Å². The summed E-state index contributed by atoms with van der Waals surface area (Å²) in [6.45, 7) is 5.37. The monoisotopic (exact) mass is 289 g/mol. The molecule has 0 radical (unpaired) electrons. The highest BCUT2D eigenvalue weighted by Gasteiger charge is 2.20. The van der Waals surface area contributed by atoms with Crippen LogP contribution in [-0.2, 0) is 0 Å². The third-order valence-corrected chi connectivity index (χ3v) is 4.35. The summed E-state index contributed by atoms with van der Waals surface area (Å²) in [5.74, 6) is 0. The molecule has 3 nitrogen and oxygen atoms in total. The minimum absolute atomic E-state index is 0.655. The molecule has 3 rings (SSSR count). The molecule has 0 unspecified atom stereocenters. The standard InChI is InChI=1S/C16H20ClN3/c1-2-18-12-7-10-20(11-8-12)15-6-5-14(17)13-4-3-9-19-16(13)15/h3-6,9,12,18H,2,7-8,10-11H2,1H3. The van der Waals surface area contributed by atoms with Gasteiger partial charge in [-0.15, -0.1) is 0 Å². The number of nitrogens with zero attached hydrogens (tertiary/aromatic N) is 2. The van der Waals surface area contributed by atoms with E-state index >= 15 is 0 Å². The van der Waals surface area contributed by atoms with E-state index in [1.54, 1.807) is 0 Å². The fourth-order valence-electron chi connectivity index (χ4n) is 2.99. The van der Waals surface area contributed by atoms with E-state index in [0.29, 0.717) is 6.04 Å². The topological polar surface area (TPSA) is 28.2 Å². The number of nitrogens with one attached hydrogen (secondary N) is 1. The first-order valence-corrected chi connectivity index (χ1v) is 7.69. The quantitative estimate of drug-likeness (QED) is 0.938. The van der Waals surface area contributed by atoms with E-state index in [0.717, 1.165) is 35.6 Å². The zero-order valence-corrected chi connectivity index (χ0v) is 12.5. The Balaban J connectivity index is 1.87. The summed E-state index contributed by atoms with van der Waals surface area (Å²) in [5, 5.41) is 5.36. The second-order valence-corrected chi connectivity index (χ2v) is 5.69. The number of aromatic nitrogens is 1. The third-order valence-electron chi connectivity index (χ3n) is 4.02. The predicted octanol–water partition coefficient (Wildman–Crippen LogP) is 3.47. The van der Waals surface area contributed by atoms with Crippen molar-refractivity contribution in [2.45, 2.75) is 25.8 Å². The van der Waals surface area contributed by atoms with E-state index in [-0.39, 0.29) is 0 Å². The van der Waals surface area contributed by atoms with Gasteiger partial charge >= 0.3 is 0 Å². The predicted molar refractivity (Wildman–Crippen MR) is 85.7 cm³/mol. The van der Waals surface area contributed by atoms with Crippen LogP contribution in [0.4, 0.5) is 5.69 Å². The molecule has 1 saturated heterocycles. The summed E-state index contributed by atoms with van der Waals surface area (Å²) >= 11 is 6.26. The molecule has 0 amide bonds. The lowest BCUT2D eigenvalue weighted by atomic mass is 10.0. The fraction of sp³-hybridized carbons (Fsp3) is 0.438. The Morgan fingerprint density at radius 2 is 2.10 bits per heavy atom. The normalized spacial score (nSPS) is 16.8. The van der Waals surface area contributed by atoms with Crippen LogP contribution in [0.3, 0.4) is 0 Å². The molecule has 1 fully saturated rings. The summed E-state index contributed by atoms with van der Waals surface area (Å²) in [6.07, 6.45) is 4.21. The van der Waals surface area contributed by atoms with Gasteiger partial charge in [0.2, 0.25) is 0 Å². The molecule has 2 heterocycles. The summed E-state index contributed by atoms with van der Waals surface area (Å²) in [7, 11) is 0. The first-order chi connectivity index (χ1) is 9.79. The molecular weight excluding hydrogens is 270 g/mol. The molecule has 0 saturated carbocycles. The zero-order valence-electron chi connectivity index (χ0n) is 11.8. The molecule has 1 aromatic heterocycles. The summed E-state index contributed by atoms with van der Waals surface area (Å²) in [6, 6.07) is 8.72. The van der Waals surface area contributed by atoms with Crippen LogP contribution < -0.4 is 10.2 Å². The number of halogens is 1. The Morgan fingerprint density at radius 3 is 2.85 bits per heavy atom. The first-order valence-electron chi connectivity index (χ1n) is 7.31. The van der Waals surface area contributed by atoms with Crippen molar-refractivity contribution in [2.75, 3.05) is 24.5 Å². The van der Waals surface area contributed by atoms with E-state index < -0.39 is 0 Å². The molecule has 0 atom stereocenters. The van der Waals surface area contributed by atoms with Gasteiger partial charge in [0.05, 0.1) is 16.2 Å². The van der Waals surface area contributed by atoms with Crippen LogP contribution in [0.5, 0.6) is 0 Å². The molecule has 0 spiro atoms.